The Hall–Kier alpha value is -1.10. The number of esters is 2. The third kappa shape index (κ3) is 6.50. The zero-order chi connectivity index (χ0) is 16.5. The fourth-order valence-corrected chi connectivity index (χ4v) is 3.58. The van der Waals surface area contributed by atoms with Crippen molar-refractivity contribution < 1.29 is 19.1 Å². The van der Waals surface area contributed by atoms with Gasteiger partial charge in [0, 0.05) is 6.04 Å². The second-order valence-corrected chi connectivity index (χ2v) is 6.76. The van der Waals surface area contributed by atoms with E-state index < -0.39 is 6.04 Å². The Morgan fingerprint density at radius 1 is 1.00 bits per heavy atom. The van der Waals surface area contributed by atoms with Crippen molar-refractivity contribution in [3.8, 4) is 0 Å². The van der Waals surface area contributed by atoms with Crippen LogP contribution >= 0.6 is 0 Å². The Kier molecular flexibility index (Phi) is 7.86. The lowest BCUT2D eigenvalue weighted by Crippen LogP contribution is -2.47. The van der Waals surface area contributed by atoms with E-state index in [9.17, 15) is 9.59 Å². The van der Waals surface area contributed by atoms with Crippen molar-refractivity contribution in [2.24, 2.45) is 0 Å². The van der Waals surface area contributed by atoms with Crippen molar-refractivity contribution in [3.63, 3.8) is 0 Å². The summed E-state index contributed by atoms with van der Waals surface area (Å²) in [5, 5.41) is 3.36. The summed E-state index contributed by atoms with van der Waals surface area (Å²) in [6, 6.07) is -0.263. The first kappa shape index (κ1) is 18.2. The highest BCUT2D eigenvalue weighted by molar-refractivity contribution is 5.82. The summed E-state index contributed by atoms with van der Waals surface area (Å²) in [5.41, 5.74) is 0. The van der Waals surface area contributed by atoms with Gasteiger partial charge in [0.1, 0.15) is 12.1 Å². The molecule has 0 radical (unpaired) electrons. The van der Waals surface area contributed by atoms with Crippen LogP contribution in [0.25, 0.3) is 0 Å². The smallest absolute Gasteiger partial charge is 0.324 e. The zero-order valence-electron chi connectivity index (χ0n) is 14.4. The summed E-state index contributed by atoms with van der Waals surface area (Å²) in [7, 11) is 0. The molecule has 0 spiro atoms. The highest BCUT2D eigenvalue weighted by atomic mass is 16.5. The average molecular weight is 325 g/mol. The van der Waals surface area contributed by atoms with Crippen LogP contribution in [-0.2, 0) is 19.1 Å². The van der Waals surface area contributed by atoms with Gasteiger partial charge in [0.15, 0.2) is 0 Å². The highest BCUT2D eigenvalue weighted by Gasteiger charge is 2.29. The first-order valence-corrected chi connectivity index (χ1v) is 9.31. The van der Waals surface area contributed by atoms with Gasteiger partial charge in [-0.3, -0.25) is 9.59 Å². The van der Waals surface area contributed by atoms with E-state index in [-0.39, 0.29) is 24.5 Å². The molecular weight excluding hydrogens is 294 g/mol. The molecule has 0 aliphatic heterocycles. The summed E-state index contributed by atoms with van der Waals surface area (Å²) in [5.74, 6) is -0.614. The minimum atomic E-state index is -0.570. The van der Waals surface area contributed by atoms with E-state index in [1.807, 2.05) is 0 Å². The van der Waals surface area contributed by atoms with Crippen LogP contribution in [0.4, 0.5) is 0 Å². The standard InChI is InChI=1S/C18H31NO4/c1-2-22-17(20)13-16(19-14-9-5-3-6-10-14)18(21)23-15-11-7-4-8-12-15/h14-16,19H,2-13H2,1H3. The summed E-state index contributed by atoms with van der Waals surface area (Å²) >= 11 is 0. The minimum absolute atomic E-state index is 0.0223. The van der Waals surface area contributed by atoms with Gasteiger partial charge in [0.05, 0.1) is 13.0 Å². The third-order valence-corrected chi connectivity index (χ3v) is 4.84. The normalized spacial score (nSPS) is 21.6. The first-order chi connectivity index (χ1) is 11.2. The Labute approximate surface area is 139 Å². The molecule has 0 aromatic heterocycles. The molecule has 2 aliphatic rings. The van der Waals surface area contributed by atoms with Crippen molar-refractivity contribution in [2.45, 2.75) is 95.7 Å². The van der Waals surface area contributed by atoms with Crippen LogP contribution in [0.15, 0.2) is 0 Å². The molecule has 2 aliphatic carbocycles. The fourth-order valence-electron chi connectivity index (χ4n) is 3.58. The zero-order valence-corrected chi connectivity index (χ0v) is 14.4. The molecule has 5 nitrogen and oxygen atoms in total. The van der Waals surface area contributed by atoms with Crippen LogP contribution in [0, 0.1) is 0 Å². The quantitative estimate of drug-likeness (QED) is 0.729. The van der Waals surface area contributed by atoms with Gasteiger partial charge in [-0.2, -0.15) is 0 Å². The van der Waals surface area contributed by atoms with Gasteiger partial charge in [-0.25, -0.2) is 0 Å². The molecule has 0 aromatic carbocycles. The third-order valence-electron chi connectivity index (χ3n) is 4.84. The Morgan fingerprint density at radius 2 is 1.61 bits per heavy atom. The average Bonchev–Trinajstić information content (AvgIpc) is 2.56. The Bertz CT molecular complexity index is 373. The molecule has 2 saturated carbocycles. The monoisotopic (exact) mass is 325 g/mol. The molecule has 5 heteroatoms. The number of carbonyl (C=O) groups excluding carboxylic acids is 2. The van der Waals surface area contributed by atoms with Crippen LogP contribution in [0.2, 0.25) is 0 Å². The van der Waals surface area contributed by atoms with E-state index in [2.05, 4.69) is 5.32 Å². The molecule has 0 aromatic rings. The van der Waals surface area contributed by atoms with Gasteiger partial charge >= 0.3 is 11.9 Å². The lowest BCUT2D eigenvalue weighted by atomic mass is 9.94. The minimum Gasteiger partial charge on any atom is -0.466 e. The molecule has 0 heterocycles. The van der Waals surface area contributed by atoms with Crippen LogP contribution < -0.4 is 5.32 Å². The topological polar surface area (TPSA) is 64.6 Å². The molecular formula is C18H31NO4. The number of hydrogen-bond acceptors (Lipinski definition) is 5. The molecule has 2 fully saturated rings. The fraction of sp³-hybridized carbons (Fsp3) is 0.889. The van der Waals surface area contributed by atoms with Crippen molar-refractivity contribution >= 4 is 11.9 Å². The lowest BCUT2D eigenvalue weighted by Gasteiger charge is -2.29. The highest BCUT2D eigenvalue weighted by Crippen LogP contribution is 2.22. The van der Waals surface area contributed by atoms with Gasteiger partial charge in [-0.05, 0) is 45.4 Å². The molecule has 1 unspecified atom stereocenters. The molecule has 0 saturated heterocycles. The van der Waals surface area contributed by atoms with E-state index in [1.165, 1.54) is 25.7 Å². The van der Waals surface area contributed by atoms with E-state index in [4.69, 9.17) is 9.47 Å². The predicted molar refractivity (Wildman–Crippen MR) is 88.0 cm³/mol. The number of rotatable bonds is 7. The summed E-state index contributed by atoms with van der Waals surface area (Å²) in [4.78, 5) is 24.4. The molecule has 2 rings (SSSR count). The van der Waals surface area contributed by atoms with Crippen molar-refractivity contribution in [2.75, 3.05) is 6.61 Å². The summed E-state index contributed by atoms with van der Waals surface area (Å²) < 4.78 is 10.7. The van der Waals surface area contributed by atoms with Crippen molar-refractivity contribution in [1.82, 2.24) is 5.32 Å². The van der Waals surface area contributed by atoms with Gasteiger partial charge < -0.3 is 14.8 Å². The van der Waals surface area contributed by atoms with E-state index in [0.29, 0.717) is 12.6 Å². The van der Waals surface area contributed by atoms with Crippen LogP contribution in [0.1, 0.15) is 77.6 Å². The van der Waals surface area contributed by atoms with Crippen LogP contribution in [0.3, 0.4) is 0 Å². The molecule has 132 valence electrons. The molecule has 1 atom stereocenters. The van der Waals surface area contributed by atoms with Gasteiger partial charge in [0.25, 0.3) is 0 Å². The maximum absolute atomic E-state index is 12.5. The van der Waals surface area contributed by atoms with Crippen molar-refractivity contribution in [1.29, 1.82) is 0 Å². The van der Waals surface area contributed by atoms with Gasteiger partial charge in [0.2, 0.25) is 0 Å². The van der Waals surface area contributed by atoms with E-state index in [1.54, 1.807) is 6.92 Å². The number of nitrogens with one attached hydrogen (secondary N) is 1. The largest absolute Gasteiger partial charge is 0.466 e. The SMILES string of the molecule is CCOC(=O)CC(NC1CCCCC1)C(=O)OC1CCCCC1. The summed E-state index contributed by atoms with van der Waals surface area (Å²) in [6.07, 6.45) is 11.2. The van der Waals surface area contributed by atoms with Crippen LogP contribution in [0.5, 0.6) is 0 Å². The van der Waals surface area contributed by atoms with E-state index in [0.717, 1.165) is 38.5 Å². The van der Waals surface area contributed by atoms with Crippen molar-refractivity contribution in [3.05, 3.63) is 0 Å². The lowest BCUT2D eigenvalue weighted by molar-refractivity contribution is -0.157. The molecule has 0 bridgehead atoms. The second-order valence-electron chi connectivity index (χ2n) is 6.76. The number of hydrogen-bond donors (Lipinski definition) is 1. The maximum atomic E-state index is 12.5. The Morgan fingerprint density at radius 3 is 2.22 bits per heavy atom. The second kappa shape index (κ2) is 9.91. The van der Waals surface area contributed by atoms with Gasteiger partial charge in [-0.1, -0.05) is 25.7 Å². The molecule has 23 heavy (non-hydrogen) atoms. The van der Waals surface area contributed by atoms with E-state index >= 15 is 0 Å². The molecule has 1 N–H and O–H groups in total. The summed E-state index contributed by atoms with van der Waals surface area (Å²) in [6.45, 7) is 2.12. The first-order valence-electron chi connectivity index (χ1n) is 9.31. The Balaban J connectivity index is 1.89. The molecule has 0 amide bonds. The van der Waals surface area contributed by atoms with Gasteiger partial charge in [-0.15, -0.1) is 0 Å². The predicted octanol–water partition coefficient (Wildman–Crippen LogP) is 3.11. The number of carbonyl (C=O) groups is 2. The maximum Gasteiger partial charge on any atom is 0.324 e. The van der Waals surface area contributed by atoms with Crippen LogP contribution in [-0.4, -0.2) is 36.7 Å². The number of ether oxygens (including phenoxy) is 2.